The zero-order valence-corrected chi connectivity index (χ0v) is 15.8. The summed E-state index contributed by atoms with van der Waals surface area (Å²) < 4.78 is 35.4. The summed E-state index contributed by atoms with van der Waals surface area (Å²) in [6.07, 6.45) is 1.54. The Labute approximate surface area is 165 Å². The first-order valence-corrected chi connectivity index (χ1v) is 8.69. The third-order valence-electron chi connectivity index (χ3n) is 4.34. The van der Waals surface area contributed by atoms with Crippen LogP contribution in [0.25, 0.3) is 10.8 Å². The molecule has 0 saturated heterocycles. The molecule has 0 radical (unpaired) electrons. The van der Waals surface area contributed by atoms with Gasteiger partial charge in [0.2, 0.25) is 5.91 Å². The molecule has 1 amide bonds. The number of aromatic nitrogens is 2. The maximum Gasteiger partial charge on any atom is 0.387 e. The Hall–Kier alpha value is -3.49. The van der Waals surface area contributed by atoms with Crippen LogP contribution in [0, 0.1) is 0 Å². The van der Waals surface area contributed by atoms with Crippen molar-refractivity contribution in [1.82, 2.24) is 14.7 Å². The van der Waals surface area contributed by atoms with E-state index in [0.29, 0.717) is 16.3 Å². The summed E-state index contributed by atoms with van der Waals surface area (Å²) in [7, 11) is 2.91. The highest BCUT2D eigenvalue weighted by Crippen LogP contribution is 2.29. The lowest BCUT2D eigenvalue weighted by Gasteiger charge is -2.19. The van der Waals surface area contributed by atoms with Crippen molar-refractivity contribution in [3.63, 3.8) is 0 Å². The van der Waals surface area contributed by atoms with Crippen molar-refractivity contribution in [1.29, 1.82) is 0 Å². The molecular formula is C20H19F2N3O4. The standard InChI is InChI=1S/C20H19F2N3O4/c1-24(11-13-7-8-16(29-20(21)22)17(9-13)28-2)18(26)12-25-19(27)15-6-4-3-5-14(15)10-23-25/h3-10,20H,11-12H2,1-2H3. The van der Waals surface area contributed by atoms with Gasteiger partial charge in [-0.15, -0.1) is 0 Å². The monoisotopic (exact) mass is 403 g/mol. The van der Waals surface area contributed by atoms with E-state index in [1.165, 1.54) is 30.3 Å². The molecule has 0 aliphatic heterocycles. The first-order chi connectivity index (χ1) is 13.9. The highest BCUT2D eigenvalue weighted by molar-refractivity contribution is 5.81. The van der Waals surface area contributed by atoms with Crippen molar-refractivity contribution in [3.8, 4) is 11.5 Å². The van der Waals surface area contributed by atoms with Crippen molar-refractivity contribution < 1.29 is 23.0 Å². The van der Waals surface area contributed by atoms with Crippen molar-refractivity contribution >= 4 is 16.7 Å². The van der Waals surface area contributed by atoms with Crippen LogP contribution in [-0.4, -0.2) is 41.4 Å². The number of hydrogen-bond donors (Lipinski definition) is 0. The number of halogens is 2. The average Bonchev–Trinajstić information content (AvgIpc) is 2.70. The number of ether oxygens (including phenoxy) is 2. The number of nitrogens with zero attached hydrogens (tertiary/aromatic N) is 3. The van der Waals surface area contributed by atoms with E-state index in [-0.39, 0.29) is 36.1 Å². The van der Waals surface area contributed by atoms with Crippen molar-refractivity contribution in [2.45, 2.75) is 19.7 Å². The minimum atomic E-state index is -2.97. The number of benzene rings is 2. The van der Waals surface area contributed by atoms with Crippen LogP contribution in [0.1, 0.15) is 5.56 Å². The number of methoxy groups -OCH3 is 1. The van der Waals surface area contributed by atoms with E-state index in [2.05, 4.69) is 9.84 Å². The summed E-state index contributed by atoms with van der Waals surface area (Å²) in [6, 6.07) is 11.4. The fourth-order valence-electron chi connectivity index (χ4n) is 2.85. The smallest absolute Gasteiger partial charge is 0.387 e. The number of alkyl halides is 2. The van der Waals surface area contributed by atoms with Crippen LogP contribution >= 0.6 is 0 Å². The summed E-state index contributed by atoms with van der Waals surface area (Å²) in [4.78, 5) is 26.4. The van der Waals surface area contributed by atoms with Crippen LogP contribution in [0.2, 0.25) is 0 Å². The van der Waals surface area contributed by atoms with Gasteiger partial charge in [-0.3, -0.25) is 9.59 Å². The second-order valence-electron chi connectivity index (χ2n) is 6.31. The molecule has 2 aromatic carbocycles. The number of carbonyl (C=O) groups is 1. The first-order valence-electron chi connectivity index (χ1n) is 8.69. The summed E-state index contributed by atoms with van der Waals surface area (Å²) in [6.45, 7) is -3.00. The van der Waals surface area contributed by atoms with Gasteiger partial charge < -0.3 is 14.4 Å². The number of likely N-dealkylation sites (N-methyl/N-ethyl adjacent to an activating group) is 1. The third-order valence-corrected chi connectivity index (χ3v) is 4.34. The zero-order valence-electron chi connectivity index (χ0n) is 15.8. The van der Waals surface area contributed by atoms with Crippen LogP contribution in [0.15, 0.2) is 53.5 Å². The van der Waals surface area contributed by atoms with Crippen molar-refractivity contribution in [3.05, 3.63) is 64.6 Å². The van der Waals surface area contributed by atoms with Gasteiger partial charge in [-0.1, -0.05) is 24.3 Å². The summed E-state index contributed by atoms with van der Waals surface area (Å²) in [5.74, 6) is -0.287. The van der Waals surface area contributed by atoms with Gasteiger partial charge in [0.1, 0.15) is 6.54 Å². The molecule has 0 aliphatic carbocycles. The highest BCUT2D eigenvalue weighted by atomic mass is 19.3. The van der Waals surface area contributed by atoms with Gasteiger partial charge in [-0.25, -0.2) is 4.68 Å². The molecule has 0 unspecified atom stereocenters. The Morgan fingerprint density at radius 3 is 2.69 bits per heavy atom. The normalized spacial score (nSPS) is 10.9. The van der Waals surface area contributed by atoms with Crippen molar-refractivity contribution in [2.75, 3.05) is 14.2 Å². The van der Waals surface area contributed by atoms with Crippen LogP contribution in [0.4, 0.5) is 8.78 Å². The predicted molar refractivity (Wildman–Crippen MR) is 102 cm³/mol. The molecular weight excluding hydrogens is 384 g/mol. The maximum absolute atomic E-state index is 12.5. The first kappa shape index (κ1) is 20.2. The van der Waals surface area contributed by atoms with Crippen LogP contribution in [0.5, 0.6) is 11.5 Å². The molecule has 1 heterocycles. The van der Waals surface area contributed by atoms with E-state index in [0.717, 1.165) is 4.68 Å². The number of fused-ring (bicyclic) bond motifs is 1. The minimum absolute atomic E-state index is 0.0906. The molecule has 0 aliphatic rings. The molecule has 0 fully saturated rings. The quantitative estimate of drug-likeness (QED) is 0.607. The van der Waals surface area contributed by atoms with Gasteiger partial charge in [0, 0.05) is 19.0 Å². The van der Waals surface area contributed by atoms with Gasteiger partial charge in [-0.2, -0.15) is 13.9 Å². The Morgan fingerprint density at radius 2 is 1.97 bits per heavy atom. The summed E-state index contributed by atoms with van der Waals surface area (Å²) in [5, 5.41) is 5.24. The topological polar surface area (TPSA) is 73.7 Å². The van der Waals surface area contributed by atoms with E-state index in [9.17, 15) is 18.4 Å². The fourth-order valence-corrected chi connectivity index (χ4v) is 2.85. The molecule has 7 nitrogen and oxygen atoms in total. The Balaban J connectivity index is 1.73. The second-order valence-corrected chi connectivity index (χ2v) is 6.31. The van der Waals surface area contributed by atoms with Crippen molar-refractivity contribution in [2.24, 2.45) is 0 Å². The van der Waals surface area contributed by atoms with Crippen LogP contribution < -0.4 is 15.0 Å². The fraction of sp³-hybridized carbons (Fsp3) is 0.250. The van der Waals surface area contributed by atoms with Gasteiger partial charge in [0.25, 0.3) is 5.56 Å². The largest absolute Gasteiger partial charge is 0.493 e. The number of hydrogen-bond acceptors (Lipinski definition) is 5. The summed E-state index contributed by atoms with van der Waals surface area (Å²) in [5.41, 5.74) is 0.304. The molecule has 0 saturated carbocycles. The number of carbonyl (C=O) groups excluding carboxylic acids is 1. The van der Waals surface area contributed by atoms with E-state index in [1.54, 1.807) is 37.4 Å². The molecule has 152 valence electrons. The molecule has 0 atom stereocenters. The van der Waals surface area contributed by atoms with Crippen LogP contribution in [0.3, 0.4) is 0 Å². The van der Waals surface area contributed by atoms with Crippen LogP contribution in [-0.2, 0) is 17.9 Å². The maximum atomic E-state index is 12.5. The molecule has 3 aromatic rings. The van der Waals surface area contributed by atoms with E-state index < -0.39 is 6.61 Å². The molecule has 0 N–H and O–H groups in total. The van der Waals surface area contributed by atoms with Gasteiger partial charge in [-0.05, 0) is 23.8 Å². The summed E-state index contributed by atoms with van der Waals surface area (Å²) >= 11 is 0. The zero-order chi connectivity index (χ0) is 21.0. The highest BCUT2D eigenvalue weighted by Gasteiger charge is 2.15. The molecule has 29 heavy (non-hydrogen) atoms. The molecule has 1 aromatic heterocycles. The number of amides is 1. The van der Waals surface area contributed by atoms with E-state index in [1.807, 2.05) is 0 Å². The molecule has 0 spiro atoms. The lowest BCUT2D eigenvalue weighted by Crippen LogP contribution is -2.34. The van der Waals surface area contributed by atoms with Gasteiger partial charge in [0.05, 0.1) is 18.7 Å². The SMILES string of the molecule is COc1cc(CN(C)C(=O)Cn2ncc3ccccc3c2=O)ccc1OC(F)F. The third kappa shape index (κ3) is 4.68. The lowest BCUT2D eigenvalue weighted by atomic mass is 10.2. The lowest BCUT2D eigenvalue weighted by molar-refractivity contribution is -0.131. The second kappa shape index (κ2) is 8.68. The van der Waals surface area contributed by atoms with E-state index >= 15 is 0 Å². The predicted octanol–water partition coefficient (Wildman–Crippen LogP) is 2.67. The van der Waals surface area contributed by atoms with E-state index in [4.69, 9.17) is 4.74 Å². The molecule has 0 bridgehead atoms. The molecule has 9 heteroatoms. The number of rotatable bonds is 7. The van der Waals surface area contributed by atoms with Gasteiger partial charge in [0.15, 0.2) is 11.5 Å². The van der Waals surface area contributed by atoms with Gasteiger partial charge >= 0.3 is 6.61 Å². The molecule has 3 rings (SSSR count). The Kier molecular flexibility index (Phi) is 6.06. The minimum Gasteiger partial charge on any atom is -0.493 e. The Morgan fingerprint density at radius 1 is 1.21 bits per heavy atom. The average molecular weight is 403 g/mol. The Bertz CT molecular complexity index is 1080.